The van der Waals surface area contributed by atoms with E-state index in [0.29, 0.717) is 0 Å². The van der Waals surface area contributed by atoms with Crippen LogP contribution in [0.5, 0.6) is 0 Å². The van der Waals surface area contributed by atoms with Crippen LogP contribution in [0.1, 0.15) is 0 Å². The average Bonchev–Trinajstić information content (AvgIpc) is 4.12. The van der Waals surface area contributed by atoms with Gasteiger partial charge in [-0.05, 0) is 82.9 Å². The maximum Gasteiger partial charge on any atom is 0.143 e. The van der Waals surface area contributed by atoms with Gasteiger partial charge in [-0.2, -0.15) is 0 Å². The first-order valence-corrected chi connectivity index (χ1v) is 23.8. The summed E-state index contributed by atoms with van der Waals surface area (Å²) in [6.07, 6.45) is 0. The van der Waals surface area contributed by atoms with Crippen molar-refractivity contribution in [2.24, 2.45) is 0 Å². The third-order valence-corrected chi connectivity index (χ3v) is 14.0. The molecule has 0 unspecified atom stereocenters. The number of rotatable bonds is 8. The molecule has 328 valence electrons. The molecule has 3 aromatic heterocycles. The summed E-state index contributed by atoms with van der Waals surface area (Å²) in [6.45, 7) is 0. The van der Waals surface area contributed by atoms with Crippen LogP contribution in [-0.2, 0) is 0 Å². The summed E-state index contributed by atoms with van der Waals surface area (Å²) in [6, 6.07) is 91.2. The maximum atomic E-state index is 6.90. The van der Waals surface area contributed by atoms with E-state index < -0.39 is 0 Å². The predicted octanol–water partition coefficient (Wildman–Crippen LogP) is 18.7. The van der Waals surface area contributed by atoms with Crippen LogP contribution in [0.15, 0.2) is 264 Å². The van der Waals surface area contributed by atoms with E-state index in [4.69, 9.17) is 8.83 Å². The number of para-hydroxylation sites is 7. The van der Waals surface area contributed by atoms with Crippen molar-refractivity contribution in [1.29, 1.82) is 0 Å². The van der Waals surface area contributed by atoms with E-state index in [0.717, 1.165) is 111 Å². The Bertz CT molecular complexity index is 4290. The molecule has 0 amide bonds. The topological polar surface area (TPSA) is 34.5 Å². The van der Waals surface area contributed by atoms with E-state index in [1.807, 2.05) is 12.1 Å². The van der Waals surface area contributed by atoms with Crippen molar-refractivity contribution in [2.75, 3.05) is 4.90 Å². The first kappa shape index (κ1) is 39.8. The normalized spacial score (nSPS) is 11.7. The molecule has 3 heterocycles. The minimum atomic E-state index is 0.841. The van der Waals surface area contributed by atoms with Crippen molar-refractivity contribution in [3.8, 4) is 50.2 Å². The summed E-state index contributed by atoms with van der Waals surface area (Å²) in [5.41, 5.74) is 18.6. The zero-order valence-corrected chi connectivity index (χ0v) is 38.0. The molecule has 70 heavy (non-hydrogen) atoms. The van der Waals surface area contributed by atoms with Crippen LogP contribution in [0.25, 0.3) is 116 Å². The Kier molecular flexibility index (Phi) is 9.17. The lowest BCUT2D eigenvalue weighted by Gasteiger charge is -2.30. The minimum absolute atomic E-state index is 0.841. The molecule has 0 saturated heterocycles. The Labute approximate surface area is 404 Å². The molecule has 4 nitrogen and oxygen atoms in total. The van der Waals surface area contributed by atoms with Gasteiger partial charge in [0.2, 0.25) is 0 Å². The van der Waals surface area contributed by atoms with Gasteiger partial charge in [0.15, 0.2) is 0 Å². The van der Waals surface area contributed by atoms with Crippen molar-refractivity contribution in [2.45, 2.75) is 0 Å². The van der Waals surface area contributed by atoms with Gasteiger partial charge >= 0.3 is 0 Å². The fourth-order valence-electron chi connectivity index (χ4n) is 10.8. The van der Waals surface area contributed by atoms with Crippen LogP contribution in [0, 0.1) is 0 Å². The van der Waals surface area contributed by atoms with Gasteiger partial charge in [-0.3, -0.25) is 0 Å². The monoisotopic (exact) mass is 894 g/mol. The quantitative estimate of drug-likeness (QED) is 0.152. The fraction of sp³-hybridized carbons (Fsp3) is 0. The van der Waals surface area contributed by atoms with Crippen molar-refractivity contribution < 1.29 is 8.83 Å². The molecule has 11 aromatic carbocycles. The lowest BCUT2D eigenvalue weighted by Crippen LogP contribution is -2.13. The molecule has 14 aromatic rings. The first-order chi connectivity index (χ1) is 34.7. The molecule has 0 radical (unpaired) electrons. The van der Waals surface area contributed by atoms with Gasteiger partial charge < -0.3 is 18.3 Å². The van der Waals surface area contributed by atoms with Gasteiger partial charge in [-0.25, -0.2) is 0 Å². The largest absolute Gasteiger partial charge is 0.455 e. The van der Waals surface area contributed by atoms with Crippen molar-refractivity contribution in [3.05, 3.63) is 255 Å². The highest BCUT2D eigenvalue weighted by atomic mass is 16.3. The van der Waals surface area contributed by atoms with Crippen molar-refractivity contribution in [3.63, 3.8) is 0 Å². The zero-order chi connectivity index (χ0) is 46.1. The Hall–Kier alpha value is -9.38. The van der Waals surface area contributed by atoms with Crippen molar-refractivity contribution >= 4 is 82.7 Å². The SMILES string of the molecule is c1ccc(-c2ccc(-c3ccccc3N(c3ccc4c5ccccc5n(-c5ccccc5)c4c3)c3ccc(-c4cccc5c4oc4ccccc45)cc3-c3cccc4c3oc3ccccc34)cc2)cc1. The number of anilines is 3. The van der Waals surface area contributed by atoms with Crippen LogP contribution >= 0.6 is 0 Å². The number of fused-ring (bicyclic) bond motifs is 9. The lowest BCUT2D eigenvalue weighted by molar-refractivity contribution is 0.670. The fourth-order valence-corrected chi connectivity index (χ4v) is 10.8. The van der Waals surface area contributed by atoms with Crippen LogP contribution in [0.2, 0.25) is 0 Å². The number of hydrogen-bond acceptors (Lipinski definition) is 3. The lowest BCUT2D eigenvalue weighted by atomic mass is 9.93. The first-order valence-electron chi connectivity index (χ1n) is 23.8. The maximum absolute atomic E-state index is 6.90. The summed E-state index contributed by atoms with van der Waals surface area (Å²) in [5.74, 6) is 0. The standard InChI is InChI=1S/C66H42N2O2/c1-3-17-43(18-4-1)44-33-35-45(36-34-44)49-21-7-11-29-59(49)68(48-38-39-52-51-22-8-12-30-60(51)67(62(52)42-48)47-19-5-2-6-20-47)61-40-37-46(50-25-15-26-55-53-23-9-13-31-63(53)69-65(50)55)41-58(61)57-28-16-27-56-54-24-10-14-32-64(54)70-66(56)57/h1-42H. The van der Waals surface area contributed by atoms with Gasteiger partial charge in [0.25, 0.3) is 0 Å². The third-order valence-electron chi connectivity index (χ3n) is 14.0. The van der Waals surface area contributed by atoms with Gasteiger partial charge in [-0.1, -0.05) is 194 Å². The summed E-state index contributed by atoms with van der Waals surface area (Å²) in [5, 5.41) is 6.75. The number of nitrogens with zero attached hydrogens (tertiary/aromatic N) is 2. The molecular weight excluding hydrogens is 853 g/mol. The summed E-state index contributed by atoms with van der Waals surface area (Å²) >= 11 is 0. The van der Waals surface area contributed by atoms with Crippen molar-refractivity contribution in [1.82, 2.24) is 4.57 Å². The highest BCUT2D eigenvalue weighted by molar-refractivity contribution is 6.14. The van der Waals surface area contributed by atoms with Gasteiger partial charge in [0, 0.05) is 65.9 Å². The number of hydrogen-bond donors (Lipinski definition) is 0. The second kappa shape index (κ2) is 16.2. The molecule has 0 N–H and O–H groups in total. The molecule has 4 heteroatoms. The second-order valence-electron chi connectivity index (χ2n) is 18.0. The van der Waals surface area contributed by atoms with Crippen LogP contribution in [0.4, 0.5) is 17.1 Å². The van der Waals surface area contributed by atoms with E-state index in [1.54, 1.807) is 0 Å². The summed E-state index contributed by atoms with van der Waals surface area (Å²) < 4.78 is 16.0. The highest BCUT2D eigenvalue weighted by Gasteiger charge is 2.25. The number of aromatic nitrogens is 1. The van der Waals surface area contributed by atoms with E-state index in [-0.39, 0.29) is 0 Å². The molecule has 0 aliphatic rings. The Morgan fingerprint density at radius 3 is 1.54 bits per heavy atom. The molecule has 0 aliphatic carbocycles. The molecular formula is C66H42N2O2. The van der Waals surface area contributed by atoms with E-state index in [1.165, 1.54) is 21.9 Å². The zero-order valence-electron chi connectivity index (χ0n) is 38.0. The minimum Gasteiger partial charge on any atom is -0.455 e. The van der Waals surface area contributed by atoms with E-state index >= 15 is 0 Å². The van der Waals surface area contributed by atoms with E-state index in [9.17, 15) is 0 Å². The Balaban J connectivity index is 1.06. The second-order valence-corrected chi connectivity index (χ2v) is 18.0. The average molecular weight is 895 g/mol. The third kappa shape index (κ3) is 6.38. The molecule has 0 aliphatic heterocycles. The van der Waals surface area contributed by atoms with Gasteiger partial charge in [0.1, 0.15) is 22.3 Å². The number of furan rings is 2. The number of benzene rings is 11. The molecule has 0 saturated carbocycles. The molecule has 0 atom stereocenters. The van der Waals surface area contributed by atoms with E-state index in [2.05, 4.69) is 252 Å². The van der Waals surface area contributed by atoms with Crippen LogP contribution < -0.4 is 4.90 Å². The molecule has 0 bridgehead atoms. The highest BCUT2D eigenvalue weighted by Crippen LogP contribution is 2.50. The molecule has 14 rings (SSSR count). The smallest absolute Gasteiger partial charge is 0.143 e. The van der Waals surface area contributed by atoms with Gasteiger partial charge in [0.05, 0.1) is 22.4 Å². The summed E-state index contributed by atoms with van der Waals surface area (Å²) in [7, 11) is 0. The van der Waals surface area contributed by atoms with Crippen LogP contribution in [0.3, 0.4) is 0 Å². The Morgan fingerprint density at radius 2 is 0.800 bits per heavy atom. The molecule has 0 fully saturated rings. The summed E-state index contributed by atoms with van der Waals surface area (Å²) in [4.78, 5) is 2.45. The predicted molar refractivity (Wildman–Crippen MR) is 292 cm³/mol. The molecule has 0 spiro atoms. The van der Waals surface area contributed by atoms with Crippen LogP contribution in [-0.4, -0.2) is 4.57 Å². The Morgan fingerprint density at radius 1 is 0.286 bits per heavy atom. The van der Waals surface area contributed by atoms with Gasteiger partial charge in [-0.15, -0.1) is 0 Å².